The number of hydrogen-bond donors (Lipinski definition) is 2. The second-order valence-electron chi connectivity index (χ2n) is 7.12. The minimum atomic E-state index is -2.96. The number of carbonyl (C=O) groups is 2. The van der Waals surface area contributed by atoms with Crippen LogP contribution in [0.4, 0.5) is 0 Å². The summed E-state index contributed by atoms with van der Waals surface area (Å²) in [5.74, 6) is 2.17. The van der Waals surface area contributed by atoms with Crippen molar-refractivity contribution >= 4 is 33.4 Å². The van der Waals surface area contributed by atoms with E-state index in [-0.39, 0.29) is 22.8 Å². The van der Waals surface area contributed by atoms with Gasteiger partial charge >= 0.3 is 0 Å². The average molecular weight is 409 g/mol. The molecule has 6 nitrogen and oxygen atoms in total. The highest BCUT2D eigenvalue weighted by molar-refractivity contribution is 8.00. The number of sulfone groups is 1. The highest BCUT2D eigenvalue weighted by Crippen LogP contribution is 2.09. The predicted octanol–water partition coefficient (Wildman–Crippen LogP) is 2.38. The van der Waals surface area contributed by atoms with E-state index in [1.165, 1.54) is 0 Å². The van der Waals surface area contributed by atoms with E-state index in [0.29, 0.717) is 37.6 Å². The molecular formula is C18H36N2O4S2. The highest BCUT2D eigenvalue weighted by atomic mass is 32.2. The van der Waals surface area contributed by atoms with Gasteiger partial charge in [0.1, 0.15) is 0 Å². The lowest BCUT2D eigenvalue weighted by Gasteiger charge is -2.08. The summed E-state index contributed by atoms with van der Waals surface area (Å²) in [6.07, 6.45) is 3.36. The quantitative estimate of drug-likeness (QED) is 0.406. The molecule has 26 heavy (non-hydrogen) atoms. The number of amides is 2. The van der Waals surface area contributed by atoms with E-state index in [0.717, 1.165) is 25.0 Å². The Hall–Kier alpha value is -0.760. The second kappa shape index (κ2) is 14.3. The van der Waals surface area contributed by atoms with Crippen LogP contribution in [0.1, 0.15) is 59.8 Å². The number of carbonyl (C=O) groups excluding carboxylic acids is 2. The van der Waals surface area contributed by atoms with Crippen LogP contribution in [0, 0.1) is 5.92 Å². The van der Waals surface area contributed by atoms with Gasteiger partial charge in [0, 0.05) is 31.7 Å². The number of rotatable bonds is 15. The third-order valence-corrected chi connectivity index (χ3v) is 7.41. The predicted molar refractivity (Wildman–Crippen MR) is 110 cm³/mol. The van der Waals surface area contributed by atoms with Crippen LogP contribution in [0.5, 0.6) is 0 Å². The van der Waals surface area contributed by atoms with Crippen LogP contribution in [-0.4, -0.2) is 55.8 Å². The Morgan fingerprint density at radius 1 is 0.885 bits per heavy atom. The summed E-state index contributed by atoms with van der Waals surface area (Å²) in [4.78, 5) is 23.2. The lowest BCUT2D eigenvalue weighted by molar-refractivity contribution is -0.121. The van der Waals surface area contributed by atoms with Crippen LogP contribution in [0.3, 0.4) is 0 Å². The van der Waals surface area contributed by atoms with E-state index in [4.69, 9.17) is 0 Å². The molecule has 0 aliphatic heterocycles. The minimum Gasteiger partial charge on any atom is -0.356 e. The molecule has 0 rings (SSSR count). The first-order valence-corrected chi connectivity index (χ1v) is 12.3. The maximum absolute atomic E-state index is 11.7. The van der Waals surface area contributed by atoms with Crippen LogP contribution in [-0.2, 0) is 19.4 Å². The third kappa shape index (κ3) is 14.4. The highest BCUT2D eigenvalue weighted by Gasteiger charge is 2.15. The fraction of sp³-hybridized carbons (Fsp3) is 0.889. The normalized spacial score (nSPS) is 11.8. The molecule has 0 aromatic carbocycles. The van der Waals surface area contributed by atoms with Crippen molar-refractivity contribution in [3.05, 3.63) is 0 Å². The Balaban J connectivity index is 3.52. The van der Waals surface area contributed by atoms with Gasteiger partial charge in [0.15, 0.2) is 9.84 Å². The van der Waals surface area contributed by atoms with E-state index < -0.39 is 9.84 Å². The Labute approximate surface area is 163 Å². The average Bonchev–Trinajstić information content (AvgIpc) is 2.55. The molecule has 154 valence electrons. The molecule has 0 aliphatic rings. The topological polar surface area (TPSA) is 92.3 Å². The first-order valence-electron chi connectivity index (χ1n) is 9.48. The molecule has 2 amide bonds. The maximum atomic E-state index is 11.7. The molecule has 0 aromatic rings. The van der Waals surface area contributed by atoms with E-state index >= 15 is 0 Å². The van der Waals surface area contributed by atoms with Gasteiger partial charge in [-0.3, -0.25) is 9.59 Å². The molecule has 0 atom stereocenters. The van der Waals surface area contributed by atoms with E-state index in [1.807, 2.05) is 0 Å². The molecule has 0 fully saturated rings. The molecule has 0 aromatic heterocycles. The molecule has 2 N–H and O–H groups in total. The second-order valence-corrected chi connectivity index (χ2v) is 11.0. The summed E-state index contributed by atoms with van der Waals surface area (Å²) in [5, 5.41) is 5.37. The van der Waals surface area contributed by atoms with Crippen molar-refractivity contribution in [2.75, 3.05) is 30.3 Å². The Morgan fingerprint density at radius 3 is 2.00 bits per heavy atom. The summed E-state index contributed by atoms with van der Waals surface area (Å²) < 4.78 is 23.3. The van der Waals surface area contributed by atoms with Gasteiger partial charge in [-0.05, 0) is 44.8 Å². The van der Waals surface area contributed by atoms with Crippen LogP contribution >= 0.6 is 11.8 Å². The monoisotopic (exact) mass is 408 g/mol. The van der Waals surface area contributed by atoms with Crippen molar-refractivity contribution in [3.8, 4) is 0 Å². The molecule has 0 radical (unpaired) electrons. The Bertz CT molecular complexity index is 505. The zero-order valence-corrected chi connectivity index (χ0v) is 18.3. The van der Waals surface area contributed by atoms with Gasteiger partial charge in [-0.25, -0.2) is 8.42 Å². The standard InChI is InChI=1S/C18H36N2O4S2/c1-15(2)8-9-18(22)20-11-6-10-19-17(21)7-5-12-25-13-14-26(23,24)16(3)4/h15-16H,5-14H2,1-4H3,(H,19,21)(H,20,22). The molecule has 0 spiro atoms. The van der Waals surface area contributed by atoms with Crippen molar-refractivity contribution in [3.63, 3.8) is 0 Å². The van der Waals surface area contributed by atoms with Crippen molar-refractivity contribution in [2.45, 2.75) is 65.0 Å². The van der Waals surface area contributed by atoms with Crippen molar-refractivity contribution in [1.29, 1.82) is 0 Å². The van der Waals surface area contributed by atoms with Crippen LogP contribution in [0.2, 0.25) is 0 Å². The van der Waals surface area contributed by atoms with E-state index in [9.17, 15) is 18.0 Å². The van der Waals surface area contributed by atoms with Gasteiger partial charge in [0.2, 0.25) is 11.8 Å². The fourth-order valence-corrected chi connectivity index (χ4v) is 4.41. The minimum absolute atomic E-state index is 0.00605. The molecule has 8 heteroatoms. The van der Waals surface area contributed by atoms with E-state index in [1.54, 1.807) is 25.6 Å². The van der Waals surface area contributed by atoms with Crippen LogP contribution < -0.4 is 10.6 Å². The Morgan fingerprint density at radius 2 is 1.46 bits per heavy atom. The summed E-state index contributed by atoms with van der Waals surface area (Å²) in [7, 11) is -2.96. The van der Waals surface area contributed by atoms with Gasteiger partial charge in [0.05, 0.1) is 11.0 Å². The van der Waals surface area contributed by atoms with Crippen molar-refractivity contribution in [1.82, 2.24) is 10.6 Å². The van der Waals surface area contributed by atoms with Crippen LogP contribution in [0.25, 0.3) is 0 Å². The van der Waals surface area contributed by atoms with Gasteiger partial charge in [0.25, 0.3) is 0 Å². The first kappa shape index (κ1) is 25.2. The molecule has 0 heterocycles. The van der Waals surface area contributed by atoms with Gasteiger partial charge < -0.3 is 10.6 Å². The summed E-state index contributed by atoms with van der Waals surface area (Å²) in [5.41, 5.74) is 0. The molecule has 0 saturated heterocycles. The number of nitrogens with one attached hydrogen (secondary N) is 2. The van der Waals surface area contributed by atoms with Crippen LogP contribution in [0.15, 0.2) is 0 Å². The molecule has 0 saturated carbocycles. The van der Waals surface area contributed by atoms with Gasteiger partial charge in [-0.15, -0.1) is 0 Å². The fourth-order valence-electron chi connectivity index (χ4n) is 1.99. The SMILES string of the molecule is CC(C)CCC(=O)NCCCNC(=O)CCCSCCS(=O)(=O)C(C)C. The maximum Gasteiger partial charge on any atom is 0.220 e. The molecular weight excluding hydrogens is 372 g/mol. The smallest absolute Gasteiger partial charge is 0.220 e. The first-order chi connectivity index (χ1) is 12.1. The number of hydrogen-bond acceptors (Lipinski definition) is 5. The third-order valence-electron chi connectivity index (χ3n) is 3.87. The molecule has 0 unspecified atom stereocenters. The summed E-state index contributed by atoms with van der Waals surface area (Å²) >= 11 is 1.57. The number of thioether (sulfide) groups is 1. The Kier molecular flexibility index (Phi) is 13.9. The largest absolute Gasteiger partial charge is 0.356 e. The molecule has 0 bridgehead atoms. The summed E-state index contributed by atoms with van der Waals surface area (Å²) in [6, 6.07) is 0. The zero-order valence-electron chi connectivity index (χ0n) is 16.7. The zero-order chi connectivity index (χ0) is 20.0. The summed E-state index contributed by atoms with van der Waals surface area (Å²) in [6.45, 7) is 8.72. The van der Waals surface area contributed by atoms with Crippen molar-refractivity contribution in [2.24, 2.45) is 5.92 Å². The van der Waals surface area contributed by atoms with E-state index in [2.05, 4.69) is 24.5 Å². The van der Waals surface area contributed by atoms with Crippen molar-refractivity contribution < 1.29 is 18.0 Å². The van der Waals surface area contributed by atoms with Gasteiger partial charge in [-0.2, -0.15) is 11.8 Å². The van der Waals surface area contributed by atoms with Gasteiger partial charge in [-0.1, -0.05) is 13.8 Å². The lowest BCUT2D eigenvalue weighted by Crippen LogP contribution is -2.29. The lowest BCUT2D eigenvalue weighted by atomic mass is 10.1. The molecule has 0 aliphatic carbocycles.